The van der Waals surface area contributed by atoms with Crippen LogP contribution in [0.25, 0.3) is 44.2 Å². The molecule has 0 bridgehead atoms. The maximum Gasteiger partial charge on any atom is 0.218 e. The van der Waals surface area contributed by atoms with E-state index in [0.717, 1.165) is 29.0 Å². The van der Waals surface area contributed by atoms with Gasteiger partial charge in [0.1, 0.15) is 11.3 Å². The first-order valence-corrected chi connectivity index (χ1v) is 8.59. The van der Waals surface area contributed by atoms with Gasteiger partial charge in [-0.2, -0.15) is 0 Å². The highest BCUT2D eigenvalue weighted by Crippen LogP contribution is 2.40. The Hall–Kier alpha value is -3.73. The molecule has 1 aliphatic heterocycles. The van der Waals surface area contributed by atoms with Crippen LogP contribution in [0.3, 0.4) is 0 Å². The maximum absolute atomic E-state index is 15.0. The summed E-state index contributed by atoms with van der Waals surface area (Å²) in [5, 5.41) is 11.6. The second-order valence-corrected chi connectivity index (χ2v) is 6.59. The van der Waals surface area contributed by atoms with E-state index in [1.54, 1.807) is 18.2 Å². The molecular weight excluding hydrogens is 362 g/mol. The number of phenolic OH excluding ortho intramolecular Hbond substituents is 1. The Labute approximate surface area is 157 Å². The summed E-state index contributed by atoms with van der Waals surface area (Å²) in [4.78, 5) is 12.3. The molecule has 0 saturated carbocycles. The highest BCUT2D eigenvalue weighted by Gasteiger charge is 2.22. The van der Waals surface area contributed by atoms with Crippen LogP contribution in [0.4, 0.5) is 8.78 Å². The SMILES string of the molecule is O=c1cc2oc3cc(O)c(F)cc3cc-2c(-c2cccc3ccccc23)c1F. The maximum atomic E-state index is 15.0. The largest absolute Gasteiger partial charge is 0.505 e. The quantitative estimate of drug-likeness (QED) is 0.383. The minimum absolute atomic E-state index is 0.110. The zero-order valence-electron chi connectivity index (χ0n) is 14.4. The smallest absolute Gasteiger partial charge is 0.218 e. The van der Waals surface area contributed by atoms with Crippen LogP contribution in [0.15, 0.2) is 75.9 Å². The van der Waals surface area contributed by atoms with E-state index in [9.17, 15) is 14.3 Å². The lowest BCUT2D eigenvalue weighted by molar-refractivity contribution is 0.432. The fraction of sp³-hybridized carbons (Fsp3) is 0. The molecule has 0 radical (unpaired) electrons. The van der Waals surface area contributed by atoms with Crippen molar-refractivity contribution < 1.29 is 18.3 Å². The number of hydrogen-bond acceptors (Lipinski definition) is 3. The molecule has 1 aliphatic carbocycles. The lowest BCUT2D eigenvalue weighted by Gasteiger charge is -2.15. The standard InChI is InChI=1S/C23H12F2O3/c24-17-9-13-8-16-21(28-20(13)10-18(17)26)11-19(27)23(25)22(16)15-7-3-5-12-4-1-2-6-14(12)15/h1-11,26H. The molecule has 2 aliphatic rings. The minimum atomic E-state index is -0.891. The van der Waals surface area contributed by atoms with Crippen LogP contribution in [0.1, 0.15) is 0 Å². The van der Waals surface area contributed by atoms with Crippen LogP contribution in [-0.2, 0) is 0 Å². The van der Waals surface area contributed by atoms with Crippen LogP contribution in [0.5, 0.6) is 5.75 Å². The van der Waals surface area contributed by atoms with E-state index in [1.807, 2.05) is 30.3 Å². The molecule has 3 aromatic rings. The third-order valence-electron chi connectivity index (χ3n) is 4.89. The molecule has 136 valence electrons. The van der Waals surface area contributed by atoms with Crippen LogP contribution < -0.4 is 5.43 Å². The summed E-state index contributed by atoms with van der Waals surface area (Å²) >= 11 is 0. The summed E-state index contributed by atoms with van der Waals surface area (Å²) < 4.78 is 34.5. The summed E-state index contributed by atoms with van der Waals surface area (Å²) in [6.07, 6.45) is 0. The molecule has 0 saturated heterocycles. The topological polar surface area (TPSA) is 50.4 Å². The number of benzene rings is 4. The minimum Gasteiger partial charge on any atom is -0.505 e. The number of rotatable bonds is 1. The number of hydrogen-bond donors (Lipinski definition) is 1. The van der Waals surface area contributed by atoms with E-state index in [2.05, 4.69) is 0 Å². The molecule has 3 nitrogen and oxygen atoms in total. The lowest BCUT2D eigenvalue weighted by Crippen LogP contribution is -2.09. The van der Waals surface area contributed by atoms with E-state index in [0.29, 0.717) is 16.5 Å². The van der Waals surface area contributed by atoms with Crippen molar-refractivity contribution in [3.63, 3.8) is 0 Å². The summed E-state index contributed by atoms with van der Waals surface area (Å²) in [6, 6.07) is 17.8. The molecule has 1 heterocycles. The monoisotopic (exact) mass is 374 g/mol. The first kappa shape index (κ1) is 16.4. The zero-order valence-corrected chi connectivity index (χ0v) is 14.4. The summed E-state index contributed by atoms with van der Waals surface area (Å²) in [7, 11) is 0. The van der Waals surface area contributed by atoms with Gasteiger partial charge in [0.15, 0.2) is 17.4 Å². The number of aromatic hydroxyl groups is 1. The predicted molar refractivity (Wildman–Crippen MR) is 104 cm³/mol. The van der Waals surface area contributed by atoms with Crippen molar-refractivity contribution in [1.29, 1.82) is 0 Å². The normalized spacial score (nSPS) is 11.5. The van der Waals surface area contributed by atoms with Crippen LogP contribution in [0.2, 0.25) is 0 Å². The molecular formula is C23H12F2O3. The van der Waals surface area contributed by atoms with Gasteiger partial charge < -0.3 is 9.52 Å². The van der Waals surface area contributed by atoms with Gasteiger partial charge in [0.25, 0.3) is 0 Å². The van der Waals surface area contributed by atoms with Crippen molar-refractivity contribution in [2.45, 2.75) is 0 Å². The number of fused-ring (bicyclic) bond motifs is 3. The van der Waals surface area contributed by atoms with Gasteiger partial charge in [0, 0.05) is 28.6 Å². The van der Waals surface area contributed by atoms with Crippen LogP contribution in [-0.4, -0.2) is 5.11 Å². The van der Waals surface area contributed by atoms with Gasteiger partial charge in [0.05, 0.1) is 0 Å². The van der Waals surface area contributed by atoms with Gasteiger partial charge in [-0.15, -0.1) is 0 Å². The Morgan fingerprint density at radius 1 is 0.821 bits per heavy atom. The third-order valence-corrected chi connectivity index (χ3v) is 4.89. The molecule has 5 rings (SSSR count). The first-order valence-electron chi connectivity index (χ1n) is 8.59. The molecule has 0 fully saturated rings. The summed E-state index contributed by atoms with van der Waals surface area (Å²) in [5.74, 6) is -2.10. The molecule has 0 unspecified atom stereocenters. The van der Waals surface area contributed by atoms with E-state index >= 15 is 4.39 Å². The van der Waals surface area contributed by atoms with Crippen molar-refractivity contribution in [3.05, 3.63) is 88.6 Å². The van der Waals surface area contributed by atoms with Crippen molar-refractivity contribution in [1.82, 2.24) is 0 Å². The van der Waals surface area contributed by atoms with Crippen molar-refractivity contribution in [3.8, 4) is 28.2 Å². The molecule has 28 heavy (non-hydrogen) atoms. The molecule has 5 heteroatoms. The fourth-order valence-electron chi connectivity index (χ4n) is 3.59. The van der Waals surface area contributed by atoms with Crippen molar-refractivity contribution in [2.24, 2.45) is 0 Å². The fourth-order valence-corrected chi connectivity index (χ4v) is 3.59. The molecule has 1 N–H and O–H groups in total. The van der Waals surface area contributed by atoms with Crippen LogP contribution in [0, 0.1) is 11.6 Å². The predicted octanol–water partition coefficient (Wildman–Crippen LogP) is 5.70. The Morgan fingerprint density at radius 3 is 2.46 bits per heavy atom. The first-order chi connectivity index (χ1) is 13.5. The molecule has 3 aromatic carbocycles. The van der Waals surface area contributed by atoms with Gasteiger partial charge >= 0.3 is 0 Å². The van der Waals surface area contributed by atoms with E-state index in [-0.39, 0.29) is 16.9 Å². The Kier molecular flexibility index (Phi) is 3.46. The second kappa shape index (κ2) is 5.89. The molecule has 0 atom stereocenters. The Bertz CT molecular complexity index is 1410. The summed E-state index contributed by atoms with van der Waals surface area (Å²) in [6.45, 7) is 0. The molecule has 0 spiro atoms. The van der Waals surface area contributed by atoms with Crippen molar-refractivity contribution in [2.75, 3.05) is 0 Å². The van der Waals surface area contributed by atoms with E-state index in [1.165, 1.54) is 0 Å². The highest BCUT2D eigenvalue weighted by molar-refractivity contribution is 6.01. The lowest BCUT2D eigenvalue weighted by atomic mass is 9.91. The van der Waals surface area contributed by atoms with Gasteiger partial charge in [-0.3, -0.25) is 4.79 Å². The van der Waals surface area contributed by atoms with Crippen molar-refractivity contribution >= 4 is 21.7 Å². The molecule has 0 aromatic heterocycles. The second-order valence-electron chi connectivity index (χ2n) is 6.59. The average Bonchev–Trinajstić information content (AvgIpc) is 2.69. The Morgan fingerprint density at radius 2 is 1.61 bits per heavy atom. The third kappa shape index (κ3) is 2.36. The Balaban J connectivity index is 1.95. The van der Waals surface area contributed by atoms with Gasteiger partial charge in [-0.25, -0.2) is 8.78 Å². The van der Waals surface area contributed by atoms with Crippen LogP contribution >= 0.6 is 0 Å². The van der Waals surface area contributed by atoms with E-state index < -0.39 is 22.8 Å². The summed E-state index contributed by atoms with van der Waals surface area (Å²) in [5.41, 5.74) is 0.405. The van der Waals surface area contributed by atoms with E-state index in [4.69, 9.17) is 4.42 Å². The van der Waals surface area contributed by atoms with Gasteiger partial charge in [0.2, 0.25) is 5.43 Å². The number of halogens is 2. The number of phenols is 1. The zero-order chi connectivity index (χ0) is 19.4. The van der Waals surface area contributed by atoms with Gasteiger partial charge in [-0.05, 0) is 28.5 Å². The van der Waals surface area contributed by atoms with Gasteiger partial charge in [-0.1, -0.05) is 42.5 Å². The highest BCUT2D eigenvalue weighted by atomic mass is 19.1. The molecule has 0 amide bonds. The average molecular weight is 374 g/mol.